The zero-order chi connectivity index (χ0) is 15.4. The number of benzene rings is 3. The van der Waals surface area contributed by atoms with E-state index in [9.17, 15) is 0 Å². The lowest BCUT2D eigenvalue weighted by Gasteiger charge is -2.14. The van der Waals surface area contributed by atoms with Crippen LogP contribution in [0, 0.1) is 6.92 Å². The molecule has 0 radical (unpaired) electrons. The van der Waals surface area contributed by atoms with E-state index < -0.39 is 0 Å². The second-order valence-corrected chi connectivity index (χ2v) is 5.34. The minimum atomic E-state index is 0.0381. The summed E-state index contributed by atoms with van der Waals surface area (Å²) < 4.78 is 11.3. The van der Waals surface area contributed by atoms with Gasteiger partial charge in [0.25, 0.3) is 0 Å². The summed E-state index contributed by atoms with van der Waals surface area (Å²) in [7, 11) is 0. The molecule has 0 unspecified atom stereocenters. The maximum absolute atomic E-state index is 8.73. The van der Waals surface area contributed by atoms with Crippen LogP contribution in [0.2, 0.25) is 0 Å². The van der Waals surface area contributed by atoms with Crippen molar-refractivity contribution in [1.29, 1.82) is 0 Å². The first kappa shape index (κ1) is 14.8. The number of aliphatic hydroxyl groups is 1. The van der Waals surface area contributed by atoms with E-state index in [1.54, 1.807) is 0 Å². The third kappa shape index (κ3) is 3.06. The Morgan fingerprint density at radius 2 is 1.68 bits per heavy atom. The quantitative estimate of drug-likeness (QED) is 0.557. The smallest absolute Gasteiger partial charge is 0.135 e. The average Bonchev–Trinajstić information content (AvgIpc) is 2.54. The van der Waals surface area contributed by atoms with Crippen LogP contribution >= 0.6 is 0 Å². The number of ether oxygens (including phenoxy) is 2. The minimum absolute atomic E-state index is 0.0381. The highest BCUT2D eigenvalue weighted by Gasteiger charge is 2.09. The normalized spacial score (nSPS) is 11.2. The van der Waals surface area contributed by atoms with Crippen LogP contribution in [-0.2, 0) is 4.74 Å². The molecule has 0 amide bonds. The summed E-state index contributed by atoms with van der Waals surface area (Å²) in [6.07, 6.45) is 0. The summed E-state index contributed by atoms with van der Waals surface area (Å²) in [5.74, 6) is 0.907. The number of fused-ring (bicyclic) bond motifs is 2. The molecular formula is C19H20O3. The molecule has 3 aromatic rings. The Labute approximate surface area is 130 Å². The second kappa shape index (κ2) is 6.77. The Kier molecular flexibility index (Phi) is 4.56. The van der Waals surface area contributed by atoms with Gasteiger partial charge in [0, 0.05) is 10.8 Å². The topological polar surface area (TPSA) is 38.7 Å². The predicted octanol–water partition coefficient (Wildman–Crippen LogP) is 3.69. The van der Waals surface area contributed by atoms with Gasteiger partial charge < -0.3 is 14.6 Å². The zero-order valence-electron chi connectivity index (χ0n) is 12.7. The molecule has 3 nitrogen and oxygen atoms in total. The molecular weight excluding hydrogens is 276 g/mol. The maximum atomic E-state index is 8.73. The first-order valence-electron chi connectivity index (χ1n) is 7.53. The van der Waals surface area contributed by atoms with Gasteiger partial charge in [-0.25, -0.2) is 0 Å². The van der Waals surface area contributed by atoms with Crippen LogP contribution in [0.15, 0.2) is 48.5 Å². The molecule has 3 aromatic carbocycles. The van der Waals surface area contributed by atoms with Gasteiger partial charge in [0.2, 0.25) is 0 Å². The molecule has 0 spiro atoms. The highest BCUT2D eigenvalue weighted by molar-refractivity contribution is 6.05. The van der Waals surface area contributed by atoms with E-state index >= 15 is 0 Å². The molecule has 0 aliphatic carbocycles. The Bertz CT molecular complexity index is 780. The first-order chi connectivity index (χ1) is 10.8. The van der Waals surface area contributed by atoms with E-state index in [-0.39, 0.29) is 6.61 Å². The van der Waals surface area contributed by atoms with Gasteiger partial charge in [0.05, 0.1) is 19.8 Å². The fourth-order valence-electron chi connectivity index (χ4n) is 2.66. The lowest BCUT2D eigenvalue weighted by atomic mass is 10.0. The molecule has 1 N–H and O–H groups in total. The summed E-state index contributed by atoms with van der Waals surface area (Å²) in [4.78, 5) is 0. The lowest BCUT2D eigenvalue weighted by molar-refractivity contribution is 0.0711. The van der Waals surface area contributed by atoms with Crippen LogP contribution in [0.3, 0.4) is 0 Å². The van der Waals surface area contributed by atoms with Crippen LogP contribution in [0.5, 0.6) is 5.75 Å². The standard InChI is InChI=1S/C19H20O3/c1-14-6-7-16-13-15-4-2-3-5-17(15)19(18(16)12-14)22-11-10-21-9-8-20/h2-7,12-13,20H,8-11H2,1H3. The molecule has 0 bridgehead atoms. The van der Waals surface area contributed by atoms with Crippen molar-refractivity contribution in [2.45, 2.75) is 6.92 Å². The Balaban J connectivity index is 2.00. The summed E-state index contributed by atoms with van der Waals surface area (Å²) in [5.41, 5.74) is 1.21. The van der Waals surface area contributed by atoms with Gasteiger partial charge in [-0.1, -0.05) is 42.0 Å². The van der Waals surface area contributed by atoms with E-state index in [4.69, 9.17) is 14.6 Å². The second-order valence-electron chi connectivity index (χ2n) is 5.34. The summed E-state index contributed by atoms with van der Waals surface area (Å²) in [6, 6.07) is 16.8. The minimum Gasteiger partial charge on any atom is -0.490 e. The van der Waals surface area contributed by atoms with Gasteiger partial charge in [-0.3, -0.25) is 0 Å². The van der Waals surface area contributed by atoms with Gasteiger partial charge in [0.1, 0.15) is 12.4 Å². The summed E-state index contributed by atoms with van der Waals surface area (Å²) in [5, 5.41) is 13.3. The van der Waals surface area contributed by atoms with Gasteiger partial charge >= 0.3 is 0 Å². The van der Waals surface area contributed by atoms with E-state index in [1.807, 2.05) is 12.1 Å². The molecule has 0 fully saturated rings. The largest absolute Gasteiger partial charge is 0.490 e. The SMILES string of the molecule is Cc1ccc2cc3ccccc3c(OCCOCCO)c2c1. The monoisotopic (exact) mass is 296 g/mol. The molecule has 0 aliphatic heterocycles. The zero-order valence-corrected chi connectivity index (χ0v) is 12.7. The number of hydrogen-bond donors (Lipinski definition) is 1. The number of aryl methyl sites for hydroxylation is 1. The molecule has 0 saturated carbocycles. The van der Waals surface area contributed by atoms with Crippen molar-refractivity contribution in [2.75, 3.05) is 26.4 Å². The summed E-state index contributed by atoms with van der Waals surface area (Å²) in [6.45, 7) is 3.41. The van der Waals surface area contributed by atoms with Crippen molar-refractivity contribution in [3.63, 3.8) is 0 Å². The van der Waals surface area contributed by atoms with Gasteiger partial charge in [-0.05, 0) is 29.8 Å². The van der Waals surface area contributed by atoms with Crippen molar-refractivity contribution in [1.82, 2.24) is 0 Å². The Morgan fingerprint density at radius 3 is 2.55 bits per heavy atom. The summed E-state index contributed by atoms with van der Waals surface area (Å²) >= 11 is 0. The predicted molar refractivity (Wildman–Crippen MR) is 89.6 cm³/mol. The van der Waals surface area contributed by atoms with E-state index in [0.717, 1.165) is 16.5 Å². The molecule has 0 heterocycles. The molecule has 0 aliphatic rings. The highest BCUT2D eigenvalue weighted by Crippen LogP contribution is 2.35. The van der Waals surface area contributed by atoms with Crippen LogP contribution in [0.4, 0.5) is 0 Å². The third-order valence-electron chi connectivity index (χ3n) is 3.68. The van der Waals surface area contributed by atoms with Crippen molar-refractivity contribution >= 4 is 21.5 Å². The van der Waals surface area contributed by atoms with Crippen LogP contribution in [0.1, 0.15) is 5.56 Å². The van der Waals surface area contributed by atoms with Crippen LogP contribution < -0.4 is 4.74 Å². The van der Waals surface area contributed by atoms with Crippen molar-refractivity contribution in [3.8, 4) is 5.75 Å². The molecule has 114 valence electrons. The van der Waals surface area contributed by atoms with Crippen molar-refractivity contribution in [2.24, 2.45) is 0 Å². The van der Waals surface area contributed by atoms with Crippen molar-refractivity contribution in [3.05, 3.63) is 54.1 Å². The lowest BCUT2D eigenvalue weighted by Crippen LogP contribution is -2.09. The highest BCUT2D eigenvalue weighted by atomic mass is 16.5. The molecule has 0 saturated heterocycles. The third-order valence-corrected chi connectivity index (χ3v) is 3.68. The van der Waals surface area contributed by atoms with Crippen molar-refractivity contribution < 1.29 is 14.6 Å². The fourth-order valence-corrected chi connectivity index (χ4v) is 2.66. The molecule has 22 heavy (non-hydrogen) atoms. The van der Waals surface area contributed by atoms with Gasteiger partial charge in [-0.2, -0.15) is 0 Å². The molecule has 0 atom stereocenters. The van der Waals surface area contributed by atoms with Crippen LogP contribution in [-0.4, -0.2) is 31.5 Å². The van der Waals surface area contributed by atoms with E-state index in [2.05, 4.69) is 43.3 Å². The Morgan fingerprint density at radius 1 is 0.864 bits per heavy atom. The first-order valence-corrected chi connectivity index (χ1v) is 7.53. The number of aliphatic hydroxyl groups excluding tert-OH is 1. The molecule has 3 heteroatoms. The number of hydrogen-bond acceptors (Lipinski definition) is 3. The number of rotatable bonds is 6. The maximum Gasteiger partial charge on any atom is 0.135 e. The fraction of sp³-hybridized carbons (Fsp3) is 0.263. The molecule has 3 rings (SSSR count). The van der Waals surface area contributed by atoms with E-state index in [0.29, 0.717) is 19.8 Å². The average molecular weight is 296 g/mol. The molecule has 0 aromatic heterocycles. The van der Waals surface area contributed by atoms with E-state index in [1.165, 1.54) is 16.3 Å². The van der Waals surface area contributed by atoms with Gasteiger partial charge in [-0.15, -0.1) is 0 Å². The van der Waals surface area contributed by atoms with Crippen LogP contribution in [0.25, 0.3) is 21.5 Å². The van der Waals surface area contributed by atoms with Gasteiger partial charge in [0.15, 0.2) is 0 Å². The Hall–Kier alpha value is -2.10.